The summed E-state index contributed by atoms with van der Waals surface area (Å²) >= 11 is 0. The molecule has 1 aromatic carbocycles. The highest BCUT2D eigenvalue weighted by molar-refractivity contribution is 7.89. The fraction of sp³-hybridized carbons (Fsp3) is 0.611. The molecule has 2 saturated heterocycles. The molecule has 0 aromatic heterocycles. The third-order valence-corrected chi connectivity index (χ3v) is 6.80. The molecule has 2 heterocycles. The molecule has 2 fully saturated rings. The van der Waals surface area contributed by atoms with E-state index in [9.17, 15) is 13.2 Å². The first-order chi connectivity index (χ1) is 12.5. The summed E-state index contributed by atoms with van der Waals surface area (Å²) in [4.78, 5) is 14.7. The van der Waals surface area contributed by atoms with E-state index in [0.717, 1.165) is 31.5 Å². The van der Waals surface area contributed by atoms with Gasteiger partial charge in [0.25, 0.3) is 0 Å². The van der Waals surface area contributed by atoms with Crippen LogP contribution in [0, 0.1) is 6.92 Å². The molecule has 0 bridgehead atoms. The second-order valence-electron chi connectivity index (χ2n) is 6.88. The number of hydrogen-bond donors (Lipinski definition) is 1. The number of benzene rings is 1. The second-order valence-corrected chi connectivity index (χ2v) is 8.82. The van der Waals surface area contributed by atoms with Crippen molar-refractivity contribution in [2.75, 3.05) is 51.3 Å². The quantitative estimate of drug-likeness (QED) is 0.835. The predicted octanol–water partition coefficient (Wildman–Crippen LogP) is 1.44. The number of nitrogens with zero attached hydrogens (tertiary/aromatic N) is 2. The Balaban J connectivity index is 1.71. The van der Waals surface area contributed by atoms with Gasteiger partial charge in [0.15, 0.2) is 0 Å². The number of aryl methyl sites for hydroxylation is 1. The van der Waals surface area contributed by atoms with E-state index in [1.54, 1.807) is 18.2 Å². The van der Waals surface area contributed by atoms with E-state index in [-0.39, 0.29) is 10.8 Å². The van der Waals surface area contributed by atoms with Crippen molar-refractivity contribution in [3.63, 3.8) is 0 Å². The molecule has 0 aliphatic carbocycles. The Kier molecular flexibility index (Phi) is 6.29. The summed E-state index contributed by atoms with van der Waals surface area (Å²) < 4.78 is 32.3. The normalized spacial score (nSPS) is 20.0. The molecule has 1 N–H and O–H groups in total. The molecule has 2 aliphatic heterocycles. The van der Waals surface area contributed by atoms with Gasteiger partial charge in [0.05, 0.1) is 24.7 Å². The van der Waals surface area contributed by atoms with Gasteiger partial charge in [-0.1, -0.05) is 12.5 Å². The first kappa shape index (κ1) is 19.3. The largest absolute Gasteiger partial charge is 0.379 e. The number of carbonyl (C=O) groups is 1. The summed E-state index contributed by atoms with van der Waals surface area (Å²) in [6.45, 7) is 5.62. The van der Waals surface area contributed by atoms with Crippen LogP contribution in [0.1, 0.15) is 24.8 Å². The molecule has 0 spiro atoms. The lowest BCUT2D eigenvalue weighted by Gasteiger charge is -2.27. The topological polar surface area (TPSA) is 79.0 Å². The number of carbonyl (C=O) groups excluding carboxylic acids is 1. The summed E-state index contributed by atoms with van der Waals surface area (Å²) in [5.74, 6) is -0.101. The number of hydrogen-bond acceptors (Lipinski definition) is 5. The molecule has 8 heteroatoms. The van der Waals surface area contributed by atoms with Crippen LogP contribution in [-0.2, 0) is 19.6 Å². The number of anilines is 1. The van der Waals surface area contributed by atoms with Gasteiger partial charge in [0.2, 0.25) is 15.9 Å². The monoisotopic (exact) mass is 381 g/mol. The first-order valence-corrected chi connectivity index (χ1v) is 10.6. The summed E-state index contributed by atoms with van der Waals surface area (Å²) in [6, 6.07) is 4.90. The molecule has 3 rings (SSSR count). The highest BCUT2D eigenvalue weighted by Crippen LogP contribution is 2.23. The van der Waals surface area contributed by atoms with Gasteiger partial charge in [-0.05, 0) is 50.6 Å². The lowest BCUT2D eigenvalue weighted by molar-refractivity contribution is -0.117. The Hall–Kier alpha value is -1.48. The Bertz CT molecular complexity index is 739. The van der Waals surface area contributed by atoms with Crippen LogP contribution in [0.25, 0.3) is 0 Å². The van der Waals surface area contributed by atoms with Crippen LogP contribution >= 0.6 is 0 Å². The van der Waals surface area contributed by atoms with Crippen molar-refractivity contribution in [2.45, 2.75) is 31.1 Å². The van der Waals surface area contributed by atoms with E-state index in [0.29, 0.717) is 38.5 Å². The molecule has 2 aliphatic rings. The minimum absolute atomic E-state index is 0.101. The maximum Gasteiger partial charge on any atom is 0.243 e. The van der Waals surface area contributed by atoms with Crippen LogP contribution in [0.5, 0.6) is 0 Å². The summed E-state index contributed by atoms with van der Waals surface area (Å²) in [5, 5.41) is 2.88. The van der Waals surface area contributed by atoms with Gasteiger partial charge in [-0.25, -0.2) is 8.42 Å². The number of amides is 1. The van der Waals surface area contributed by atoms with E-state index in [4.69, 9.17) is 4.74 Å². The third-order valence-electron chi connectivity index (χ3n) is 4.91. The highest BCUT2D eigenvalue weighted by atomic mass is 32.2. The maximum atomic E-state index is 12.8. The van der Waals surface area contributed by atoms with Crippen molar-refractivity contribution in [2.24, 2.45) is 0 Å². The Labute approximate surface area is 155 Å². The molecular formula is C18H27N3O4S. The standard InChI is InChI=1S/C18H27N3O4S/c1-15-5-6-16(26(23,24)21-9-11-25-12-10-21)13-17(15)19-18(22)14-20-7-3-2-4-8-20/h5-6,13H,2-4,7-12,14H2,1H3,(H,19,22). The van der Waals surface area contributed by atoms with Crippen molar-refractivity contribution >= 4 is 21.6 Å². The van der Waals surface area contributed by atoms with Crippen LogP contribution in [-0.4, -0.2) is 69.5 Å². The minimum Gasteiger partial charge on any atom is -0.379 e. The molecule has 26 heavy (non-hydrogen) atoms. The Morgan fingerprint density at radius 3 is 2.50 bits per heavy atom. The van der Waals surface area contributed by atoms with Crippen LogP contribution in [0.15, 0.2) is 23.1 Å². The molecule has 0 unspecified atom stereocenters. The average molecular weight is 381 g/mol. The van der Waals surface area contributed by atoms with Crippen molar-refractivity contribution in [3.8, 4) is 0 Å². The van der Waals surface area contributed by atoms with E-state index >= 15 is 0 Å². The zero-order valence-electron chi connectivity index (χ0n) is 15.2. The van der Waals surface area contributed by atoms with E-state index in [2.05, 4.69) is 10.2 Å². The molecule has 1 aromatic rings. The first-order valence-electron chi connectivity index (χ1n) is 9.17. The van der Waals surface area contributed by atoms with Gasteiger partial charge in [-0.2, -0.15) is 4.31 Å². The highest BCUT2D eigenvalue weighted by Gasteiger charge is 2.27. The number of likely N-dealkylation sites (tertiary alicyclic amines) is 1. The molecular weight excluding hydrogens is 354 g/mol. The molecule has 0 saturated carbocycles. The zero-order chi connectivity index (χ0) is 18.6. The third kappa shape index (κ3) is 4.62. The summed E-state index contributed by atoms with van der Waals surface area (Å²) in [6.07, 6.45) is 3.47. The smallest absolute Gasteiger partial charge is 0.243 e. The van der Waals surface area contributed by atoms with Crippen LogP contribution in [0.3, 0.4) is 0 Å². The van der Waals surface area contributed by atoms with E-state index in [1.165, 1.54) is 10.7 Å². The SMILES string of the molecule is Cc1ccc(S(=O)(=O)N2CCOCC2)cc1NC(=O)CN1CCCCC1. The summed E-state index contributed by atoms with van der Waals surface area (Å²) in [5.41, 5.74) is 1.40. The lowest BCUT2D eigenvalue weighted by Crippen LogP contribution is -2.40. The van der Waals surface area contributed by atoms with Gasteiger partial charge < -0.3 is 10.1 Å². The van der Waals surface area contributed by atoms with Crippen molar-refractivity contribution in [1.29, 1.82) is 0 Å². The lowest BCUT2D eigenvalue weighted by atomic mass is 10.1. The average Bonchev–Trinajstić information content (AvgIpc) is 2.65. The zero-order valence-corrected chi connectivity index (χ0v) is 16.1. The van der Waals surface area contributed by atoms with Crippen molar-refractivity contribution in [1.82, 2.24) is 9.21 Å². The van der Waals surface area contributed by atoms with Crippen molar-refractivity contribution in [3.05, 3.63) is 23.8 Å². The van der Waals surface area contributed by atoms with Crippen molar-refractivity contribution < 1.29 is 17.9 Å². The van der Waals surface area contributed by atoms with E-state index < -0.39 is 10.0 Å². The van der Waals surface area contributed by atoms with Gasteiger partial charge in [-0.15, -0.1) is 0 Å². The van der Waals surface area contributed by atoms with E-state index in [1.807, 2.05) is 6.92 Å². The maximum absolute atomic E-state index is 12.8. The molecule has 144 valence electrons. The fourth-order valence-electron chi connectivity index (χ4n) is 3.34. The van der Waals surface area contributed by atoms with Gasteiger partial charge in [-0.3, -0.25) is 9.69 Å². The fourth-order valence-corrected chi connectivity index (χ4v) is 4.78. The van der Waals surface area contributed by atoms with Crippen LogP contribution < -0.4 is 5.32 Å². The summed E-state index contributed by atoms with van der Waals surface area (Å²) in [7, 11) is -3.57. The number of piperidine rings is 1. The second kappa shape index (κ2) is 8.47. The molecule has 0 atom stereocenters. The minimum atomic E-state index is -3.57. The Morgan fingerprint density at radius 1 is 1.12 bits per heavy atom. The number of sulfonamides is 1. The molecule has 7 nitrogen and oxygen atoms in total. The van der Waals surface area contributed by atoms with Crippen LogP contribution in [0.4, 0.5) is 5.69 Å². The van der Waals surface area contributed by atoms with Gasteiger partial charge >= 0.3 is 0 Å². The van der Waals surface area contributed by atoms with Crippen LogP contribution in [0.2, 0.25) is 0 Å². The molecule has 1 amide bonds. The predicted molar refractivity (Wildman–Crippen MR) is 99.7 cm³/mol. The number of nitrogens with one attached hydrogen (secondary N) is 1. The molecule has 0 radical (unpaired) electrons. The number of morpholine rings is 1. The van der Waals surface area contributed by atoms with Gasteiger partial charge in [0, 0.05) is 18.8 Å². The Morgan fingerprint density at radius 2 is 1.81 bits per heavy atom. The number of ether oxygens (including phenoxy) is 1. The van der Waals surface area contributed by atoms with Gasteiger partial charge in [0.1, 0.15) is 0 Å². The number of rotatable bonds is 5.